The van der Waals surface area contributed by atoms with E-state index in [1.165, 1.54) is 22.2 Å². The van der Waals surface area contributed by atoms with Crippen molar-refractivity contribution in [3.05, 3.63) is 77.3 Å². The number of hydrogen-bond acceptors (Lipinski definition) is 4. The lowest BCUT2D eigenvalue weighted by atomic mass is 9.93. The van der Waals surface area contributed by atoms with Gasteiger partial charge in [0, 0.05) is 68.4 Å². The summed E-state index contributed by atoms with van der Waals surface area (Å²) in [4.78, 5) is 33.5. The summed E-state index contributed by atoms with van der Waals surface area (Å²) >= 11 is 0. The molecule has 2 aliphatic heterocycles. The molecule has 0 spiro atoms. The first-order chi connectivity index (χ1) is 18.5. The van der Waals surface area contributed by atoms with E-state index >= 15 is 0 Å². The molecule has 1 fully saturated rings. The molecule has 7 heteroatoms. The number of benzene rings is 1. The summed E-state index contributed by atoms with van der Waals surface area (Å²) in [7, 11) is 0. The maximum absolute atomic E-state index is 13.1. The number of likely N-dealkylation sites (tertiary alicyclic amines) is 1. The molecule has 4 heterocycles. The summed E-state index contributed by atoms with van der Waals surface area (Å²) in [6, 6.07) is 9.94. The van der Waals surface area contributed by atoms with Crippen molar-refractivity contribution in [3.63, 3.8) is 0 Å². The zero-order valence-electron chi connectivity index (χ0n) is 22.1. The van der Waals surface area contributed by atoms with E-state index in [-0.39, 0.29) is 24.6 Å². The third-order valence-electron chi connectivity index (χ3n) is 8.32. The molecule has 2 atom stereocenters. The molecule has 2 aromatic heterocycles. The Morgan fingerprint density at radius 2 is 1.97 bits per heavy atom. The van der Waals surface area contributed by atoms with Crippen molar-refractivity contribution in [1.29, 1.82) is 0 Å². The van der Waals surface area contributed by atoms with Gasteiger partial charge in [0.25, 0.3) is 0 Å². The minimum absolute atomic E-state index is 0.114. The molecule has 1 saturated heterocycles. The van der Waals surface area contributed by atoms with Crippen LogP contribution in [-0.2, 0) is 22.6 Å². The highest BCUT2D eigenvalue weighted by Gasteiger charge is 2.33. The molecule has 0 unspecified atom stereocenters. The topological polar surface area (TPSA) is 67.7 Å². The van der Waals surface area contributed by atoms with Crippen molar-refractivity contribution < 1.29 is 14.3 Å². The highest BCUT2D eigenvalue weighted by atomic mass is 16.6. The molecule has 6 rings (SSSR count). The van der Waals surface area contributed by atoms with E-state index in [4.69, 9.17) is 9.72 Å². The van der Waals surface area contributed by atoms with Gasteiger partial charge in [0.1, 0.15) is 6.61 Å². The fourth-order valence-corrected chi connectivity index (χ4v) is 6.03. The van der Waals surface area contributed by atoms with Crippen LogP contribution in [0, 0.1) is 5.92 Å². The average molecular weight is 511 g/mol. The smallest absolute Gasteiger partial charge is 0.410 e. The van der Waals surface area contributed by atoms with Crippen LogP contribution in [0.5, 0.6) is 0 Å². The SMILES string of the molecule is CC(=O)N1CC=C(c2cn([C@H]3CN(C(=O)OCc4ccccc4)CC[C@H]3C)c3c4c(ncc23)CC=C4)CC1. The molecular weight excluding hydrogens is 476 g/mol. The first kappa shape index (κ1) is 24.5. The second-order valence-corrected chi connectivity index (χ2v) is 10.7. The number of amides is 2. The van der Waals surface area contributed by atoms with Crippen LogP contribution in [0.1, 0.15) is 55.1 Å². The van der Waals surface area contributed by atoms with Crippen LogP contribution in [0.4, 0.5) is 4.79 Å². The number of carbonyl (C=O) groups excluding carboxylic acids is 2. The Kier molecular flexibility index (Phi) is 6.52. The molecule has 1 aromatic carbocycles. The summed E-state index contributed by atoms with van der Waals surface area (Å²) < 4.78 is 8.10. The highest BCUT2D eigenvalue weighted by molar-refractivity contribution is 5.98. The molecule has 0 saturated carbocycles. The molecule has 3 aliphatic rings. The van der Waals surface area contributed by atoms with E-state index in [1.807, 2.05) is 46.3 Å². The third kappa shape index (κ3) is 4.51. The van der Waals surface area contributed by atoms with Crippen molar-refractivity contribution >= 4 is 34.6 Å². The summed E-state index contributed by atoms with van der Waals surface area (Å²) in [5.74, 6) is 0.516. The van der Waals surface area contributed by atoms with Crippen molar-refractivity contribution in [2.75, 3.05) is 26.2 Å². The van der Waals surface area contributed by atoms with E-state index in [0.29, 0.717) is 25.6 Å². The van der Waals surface area contributed by atoms with Gasteiger partial charge in [0.05, 0.1) is 17.3 Å². The molecule has 0 radical (unpaired) electrons. The maximum Gasteiger partial charge on any atom is 0.410 e. The van der Waals surface area contributed by atoms with Gasteiger partial charge in [-0.25, -0.2) is 4.79 Å². The van der Waals surface area contributed by atoms with Crippen LogP contribution in [-0.4, -0.2) is 57.5 Å². The van der Waals surface area contributed by atoms with Crippen molar-refractivity contribution in [2.24, 2.45) is 5.92 Å². The van der Waals surface area contributed by atoms with E-state index in [9.17, 15) is 9.59 Å². The van der Waals surface area contributed by atoms with Gasteiger partial charge >= 0.3 is 6.09 Å². The number of nitrogens with zero attached hydrogens (tertiary/aromatic N) is 4. The van der Waals surface area contributed by atoms with Crippen molar-refractivity contribution in [2.45, 2.75) is 45.8 Å². The summed E-state index contributed by atoms with van der Waals surface area (Å²) in [5, 5.41) is 1.15. The van der Waals surface area contributed by atoms with E-state index in [0.717, 1.165) is 42.5 Å². The maximum atomic E-state index is 13.1. The quantitative estimate of drug-likeness (QED) is 0.467. The van der Waals surface area contributed by atoms with E-state index in [2.05, 4.69) is 35.9 Å². The Labute approximate surface area is 223 Å². The Morgan fingerprint density at radius 3 is 2.74 bits per heavy atom. The molecule has 38 heavy (non-hydrogen) atoms. The van der Waals surface area contributed by atoms with Crippen LogP contribution in [0.15, 0.2) is 54.9 Å². The third-order valence-corrected chi connectivity index (χ3v) is 8.32. The lowest BCUT2D eigenvalue weighted by Crippen LogP contribution is -2.44. The molecule has 1 aliphatic carbocycles. The Bertz CT molecular complexity index is 1440. The van der Waals surface area contributed by atoms with Crippen molar-refractivity contribution in [1.82, 2.24) is 19.4 Å². The zero-order chi connectivity index (χ0) is 26.2. The summed E-state index contributed by atoms with van der Waals surface area (Å²) in [6.07, 6.45) is 13.2. The number of carbonyl (C=O) groups is 2. The van der Waals surface area contributed by atoms with Crippen molar-refractivity contribution in [3.8, 4) is 0 Å². The number of pyridine rings is 1. The first-order valence-electron chi connectivity index (χ1n) is 13.6. The number of piperidine rings is 1. The van der Waals surface area contributed by atoms with Crippen LogP contribution in [0.25, 0.3) is 22.6 Å². The second kappa shape index (κ2) is 10.1. The van der Waals surface area contributed by atoms with E-state index in [1.54, 1.807) is 6.92 Å². The van der Waals surface area contributed by atoms with Gasteiger partial charge in [-0.3, -0.25) is 9.78 Å². The van der Waals surface area contributed by atoms with Gasteiger partial charge in [-0.05, 0) is 29.9 Å². The van der Waals surface area contributed by atoms with Gasteiger partial charge in [-0.2, -0.15) is 0 Å². The normalized spacial score (nSPS) is 20.9. The predicted octanol–water partition coefficient (Wildman–Crippen LogP) is 5.46. The monoisotopic (exact) mass is 510 g/mol. The largest absolute Gasteiger partial charge is 0.445 e. The first-order valence-corrected chi connectivity index (χ1v) is 13.6. The standard InChI is InChI=1S/C31H34N4O3/c1-21-11-14-34(31(37)38-20-23-7-4-3-5-8-23)19-29(21)35-18-27(24-12-15-33(16-13-24)22(2)36)26-17-32-28-10-6-9-25(28)30(26)35/h3-9,12,17-18,21,29H,10-11,13-16,19-20H2,1-2H3/t21-,29+/m1/s1. The van der Waals surface area contributed by atoms with Crippen LogP contribution >= 0.6 is 0 Å². The van der Waals surface area contributed by atoms with Crippen LogP contribution in [0.2, 0.25) is 0 Å². The molecule has 2 amide bonds. The molecular formula is C31H34N4O3. The molecule has 196 valence electrons. The number of hydrogen-bond donors (Lipinski definition) is 0. The highest BCUT2D eigenvalue weighted by Crippen LogP contribution is 2.40. The molecule has 3 aromatic rings. The number of aromatic nitrogens is 2. The van der Waals surface area contributed by atoms with Gasteiger partial charge in [-0.1, -0.05) is 55.5 Å². The summed E-state index contributed by atoms with van der Waals surface area (Å²) in [6.45, 7) is 6.86. The molecule has 0 N–H and O–H groups in total. The van der Waals surface area contributed by atoms with Gasteiger partial charge in [0.2, 0.25) is 5.91 Å². The van der Waals surface area contributed by atoms with Gasteiger partial charge in [-0.15, -0.1) is 0 Å². The van der Waals surface area contributed by atoms with Gasteiger partial charge in [0.15, 0.2) is 0 Å². The minimum atomic E-state index is -0.256. The molecule has 7 nitrogen and oxygen atoms in total. The Hall–Kier alpha value is -3.87. The second-order valence-electron chi connectivity index (χ2n) is 10.7. The zero-order valence-corrected chi connectivity index (χ0v) is 22.1. The predicted molar refractivity (Wildman–Crippen MR) is 148 cm³/mol. The lowest BCUT2D eigenvalue weighted by molar-refractivity contribution is -0.128. The fourth-order valence-electron chi connectivity index (χ4n) is 6.03. The average Bonchev–Trinajstić information content (AvgIpc) is 3.57. The Balaban J connectivity index is 1.32. The molecule has 0 bridgehead atoms. The van der Waals surface area contributed by atoms with E-state index < -0.39 is 0 Å². The van der Waals surface area contributed by atoms with Crippen LogP contribution in [0.3, 0.4) is 0 Å². The number of rotatable bonds is 4. The number of allylic oxidation sites excluding steroid dienone is 1. The number of ether oxygens (including phenoxy) is 1. The fraction of sp³-hybridized carbons (Fsp3) is 0.387. The van der Waals surface area contributed by atoms with Gasteiger partial charge < -0.3 is 19.1 Å². The lowest BCUT2D eigenvalue weighted by Gasteiger charge is -2.37. The van der Waals surface area contributed by atoms with Crippen LogP contribution < -0.4 is 0 Å². The Morgan fingerprint density at radius 1 is 1.13 bits per heavy atom. The number of fused-ring (bicyclic) bond motifs is 3. The minimum Gasteiger partial charge on any atom is -0.445 e. The summed E-state index contributed by atoms with van der Waals surface area (Å²) in [5.41, 5.74) is 6.93.